The van der Waals surface area contributed by atoms with Gasteiger partial charge in [0.25, 0.3) is 0 Å². The maximum absolute atomic E-state index is 15.1. The monoisotopic (exact) mass is 345 g/mol. The number of fused-ring (bicyclic) bond motifs is 1. The van der Waals surface area contributed by atoms with Gasteiger partial charge in [0.2, 0.25) is 5.43 Å². The van der Waals surface area contributed by atoms with Gasteiger partial charge < -0.3 is 14.8 Å². The third-order valence-electron chi connectivity index (χ3n) is 3.96. The first kappa shape index (κ1) is 16.6. The summed E-state index contributed by atoms with van der Waals surface area (Å²) in [6.07, 6.45) is 1.04. The topological polar surface area (TPSA) is 79.5 Å². The summed E-state index contributed by atoms with van der Waals surface area (Å²) in [5.41, 5.74) is -1.98. The summed E-state index contributed by atoms with van der Waals surface area (Å²) < 4.78 is 30.9. The molecule has 0 atom stereocenters. The molecule has 5 nitrogen and oxygen atoms in total. The van der Waals surface area contributed by atoms with Crippen LogP contribution >= 0.6 is 0 Å². The SMILES string of the molecule is CCn1cc(C(=O)O)c(=O)c2cc(F)c(-c3cccc(O)c3)c(F)c21. The Labute approximate surface area is 140 Å². The van der Waals surface area contributed by atoms with Crippen LogP contribution in [-0.2, 0) is 6.54 Å². The molecule has 0 saturated heterocycles. The number of rotatable bonds is 3. The van der Waals surface area contributed by atoms with E-state index in [4.69, 9.17) is 5.11 Å². The second-order valence-corrected chi connectivity index (χ2v) is 5.46. The fraction of sp³-hybridized carbons (Fsp3) is 0.111. The van der Waals surface area contributed by atoms with Gasteiger partial charge in [-0.3, -0.25) is 4.79 Å². The molecule has 0 bridgehead atoms. The Morgan fingerprint density at radius 1 is 1.24 bits per heavy atom. The van der Waals surface area contributed by atoms with Crippen molar-refractivity contribution in [1.29, 1.82) is 0 Å². The van der Waals surface area contributed by atoms with Gasteiger partial charge in [-0.05, 0) is 30.7 Å². The molecule has 7 heteroatoms. The van der Waals surface area contributed by atoms with Crippen LogP contribution in [0.5, 0.6) is 5.75 Å². The fourth-order valence-electron chi connectivity index (χ4n) is 2.81. The first-order chi connectivity index (χ1) is 11.8. The lowest BCUT2D eigenvalue weighted by Crippen LogP contribution is -2.20. The predicted octanol–water partition coefficient (Wildman–Crippen LogP) is 3.37. The average molecular weight is 345 g/mol. The molecule has 128 valence electrons. The van der Waals surface area contributed by atoms with Gasteiger partial charge in [0.15, 0.2) is 5.82 Å². The number of pyridine rings is 1. The molecule has 25 heavy (non-hydrogen) atoms. The molecule has 2 N–H and O–H groups in total. The van der Waals surface area contributed by atoms with E-state index in [-0.39, 0.29) is 28.8 Å². The van der Waals surface area contributed by atoms with Crippen LogP contribution in [0.25, 0.3) is 22.0 Å². The number of phenolic OH excluding ortho intramolecular Hbond substituents is 1. The van der Waals surface area contributed by atoms with Gasteiger partial charge in [-0.2, -0.15) is 0 Å². The Bertz CT molecular complexity index is 1070. The van der Waals surface area contributed by atoms with Crippen LogP contribution in [-0.4, -0.2) is 20.7 Å². The fourth-order valence-corrected chi connectivity index (χ4v) is 2.81. The Balaban J connectivity index is 2.47. The minimum absolute atomic E-state index is 0.106. The number of phenols is 1. The van der Waals surface area contributed by atoms with Crippen molar-refractivity contribution in [1.82, 2.24) is 4.57 Å². The number of aromatic nitrogens is 1. The van der Waals surface area contributed by atoms with E-state index in [1.807, 2.05) is 0 Å². The van der Waals surface area contributed by atoms with E-state index in [0.717, 1.165) is 12.3 Å². The highest BCUT2D eigenvalue weighted by Crippen LogP contribution is 2.32. The van der Waals surface area contributed by atoms with E-state index in [2.05, 4.69) is 0 Å². The van der Waals surface area contributed by atoms with Crippen molar-refractivity contribution in [3.8, 4) is 16.9 Å². The number of carboxylic acid groups (broad SMARTS) is 1. The number of carboxylic acids is 1. The van der Waals surface area contributed by atoms with Crippen molar-refractivity contribution in [2.75, 3.05) is 0 Å². The van der Waals surface area contributed by atoms with Crippen LogP contribution in [0.3, 0.4) is 0 Å². The summed E-state index contributed by atoms with van der Waals surface area (Å²) in [6.45, 7) is 1.82. The maximum atomic E-state index is 15.1. The Morgan fingerprint density at radius 2 is 1.96 bits per heavy atom. The number of aromatic hydroxyl groups is 1. The highest BCUT2D eigenvalue weighted by atomic mass is 19.1. The molecular weight excluding hydrogens is 332 g/mol. The zero-order chi connectivity index (χ0) is 18.3. The van der Waals surface area contributed by atoms with E-state index in [9.17, 15) is 19.1 Å². The van der Waals surface area contributed by atoms with Crippen molar-refractivity contribution in [2.24, 2.45) is 0 Å². The number of hydrogen-bond donors (Lipinski definition) is 2. The second kappa shape index (κ2) is 6.01. The van der Waals surface area contributed by atoms with E-state index < -0.39 is 34.2 Å². The molecule has 0 aliphatic rings. The van der Waals surface area contributed by atoms with Crippen LogP contribution in [0.2, 0.25) is 0 Å². The first-order valence-electron chi connectivity index (χ1n) is 7.43. The molecule has 3 rings (SSSR count). The molecule has 0 aliphatic heterocycles. The minimum atomic E-state index is -1.47. The number of benzene rings is 2. The van der Waals surface area contributed by atoms with Crippen molar-refractivity contribution < 1.29 is 23.8 Å². The van der Waals surface area contributed by atoms with Crippen molar-refractivity contribution >= 4 is 16.9 Å². The summed E-state index contributed by atoms with van der Waals surface area (Å²) in [5.74, 6) is -3.63. The van der Waals surface area contributed by atoms with Crippen LogP contribution in [0, 0.1) is 11.6 Å². The lowest BCUT2D eigenvalue weighted by Gasteiger charge is -2.14. The van der Waals surface area contributed by atoms with Gasteiger partial charge in [0, 0.05) is 12.7 Å². The summed E-state index contributed by atoms with van der Waals surface area (Å²) >= 11 is 0. The summed E-state index contributed by atoms with van der Waals surface area (Å²) in [7, 11) is 0. The third kappa shape index (κ3) is 2.63. The molecule has 3 aromatic rings. The highest BCUT2D eigenvalue weighted by molar-refractivity contribution is 5.94. The van der Waals surface area contributed by atoms with Crippen molar-refractivity contribution in [2.45, 2.75) is 13.5 Å². The Hall–Kier alpha value is -3.22. The largest absolute Gasteiger partial charge is 0.508 e. The van der Waals surface area contributed by atoms with Gasteiger partial charge in [-0.15, -0.1) is 0 Å². The van der Waals surface area contributed by atoms with Crippen LogP contribution in [0.4, 0.5) is 8.78 Å². The van der Waals surface area contributed by atoms with E-state index in [1.54, 1.807) is 6.92 Å². The number of halogens is 2. The molecule has 2 aromatic carbocycles. The van der Waals surface area contributed by atoms with Crippen LogP contribution in [0.1, 0.15) is 17.3 Å². The third-order valence-corrected chi connectivity index (χ3v) is 3.96. The maximum Gasteiger partial charge on any atom is 0.341 e. The molecule has 0 amide bonds. The highest BCUT2D eigenvalue weighted by Gasteiger charge is 2.22. The van der Waals surface area contributed by atoms with E-state index in [1.165, 1.54) is 28.8 Å². The molecular formula is C18H13F2NO4. The van der Waals surface area contributed by atoms with Gasteiger partial charge in [0.05, 0.1) is 16.5 Å². The molecule has 0 spiro atoms. The molecule has 1 heterocycles. The zero-order valence-electron chi connectivity index (χ0n) is 13.1. The van der Waals surface area contributed by atoms with Crippen LogP contribution in [0.15, 0.2) is 41.3 Å². The smallest absolute Gasteiger partial charge is 0.341 e. The van der Waals surface area contributed by atoms with Gasteiger partial charge in [-0.25, -0.2) is 13.6 Å². The number of hydrogen-bond acceptors (Lipinski definition) is 3. The summed E-state index contributed by atoms with van der Waals surface area (Å²) in [5, 5.41) is 18.3. The van der Waals surface area contributed by atoms with Crippen LogP contribution < -0.4 is 5.43 Å². The minimum Gasteiger partial charge on any atom is -0.508 e. The molecule has 0 saturated carbocycles. The molecule has 0 radical (unpaired) electrons. The number of nitrogens with zero attached hydrogens (tertiary/aromatic N) is 1. The molecule has 0 fully saturated rings. The number of carbonyl (C=O) groups is 1. The second-order valence-electron chi connectivity index (χ2n) is 5.46. The summed E-state index contributed by atoms with van der Waals surface area (Å²) in [4.78, 5) is 23.5. The van der Waals surface area contributed by atoms with Crippen molar-refractivity contribution in [3.05, 3.63) is 63.9 Å². The Kier molecular flexibility index (Phi) is 4.00. The first-order valence-corrected chi connectivity index (χ1v) is 7.43. The number of aromatic carboxylic acids is 1. The van der Waals surface area contributed by atoms with Gasteiger partial charge in [-0.1, -0.05) is 12.1 Å². The summed E-state index contributed by atoms with van der Waals surface area (Å²) in [6, 6.07) is 6.26. The average Bonchev–Trinajstić information content (AvgIpc) is 2.55. The standard InChI is InChI=1S/C18H13F2NO4/c1-2-21-8-12(18(24)25)17(23)11-7-13(19)14(15(20)16(11)21)9-4-3-5-10(22)6-9/h3-8,22H,2H2,1H3,(H,24,25). The lowest BCUT2D eigenvalue weighted by atomic mass is 10.0. The van der Waals surface area contributed by atoms with E-state index >= 15 is 4.39 Å². The zero-order valence-corrected chi connectivity index (χ0v) is 13.1. The quantitative estimate of drug-likeness (QED) is 0.763. The van der Waals surface area contributed by atoms with Crippen molar-refractivity contribution in [3.63, 3.8) is 0 Å². The molecule has 1 aromatic heterocycles. The molecule has 0 aliphatic carbocycles. The van der Waals surface area contributed by atoms with Gasteiger partial charge >= 0.3 is 5.97 Å². The normalized spacial score (nSPS) is 11.0. The number of aryl methyl sites for hydroxylation is 1. The molecule has 0 unspecified atom stereocenters. The predicted molar refractivity (Wildman–Crippen MR) is 87.9 cm³/mol. The lowest BCUT2D eigenvalue weighted by molar-refractivity contribution is 0.0695. The van der Waals surface area contributed by atoms with Gasteiger partial charge in [0.1, 0.15) is 17.1 Å². The Morgan fingerprint density at radius 3 is 2.56 bits per heavy atom. The van der Waals surface area contributed by atoms with E-state index in [0.29, 0.717) is 0 Å².